The van der Waals surface area contributed by atoms with Crippen LogP contribution < -0.4 is 16.4 Å². The SMILES string of the molecule is Nc1c(Nc2cc(F)ccc2F)ncnc1Nc1ccccc1C(F)(F)F. The van der Waals surface area contributed by atoms with E-state index in [1.807, 2.05) is 0 Å². The van der Waals surface area contributed by atoms with Crippen LogP contribution in [0.3, 0.4) is 0 Å². The number of para-hydroxylation sites is 1. The largest absolute Gasteiger partial charge is 0.418 e. The first-order valence-corrected chi connectivity index (χ1v) is 7.51. The van der Waals surface area contributed by atoms with Crippen LogP contribution in [0.1, 0.15) is 5.56 Å². The van der Waals surface area contributed by atoms with Gasteiger partial charge in [0.25, 0.3) is 0 Å². The van der Waals surface area contributed by atoms with Crippen molar-refractivity contribution < 1.29 is 22.0 Å². The predicted molar refractivity (Wildman–Crippen MR) is 90.8 cm³/mol. The summed E-state index contributed by atoms with van der Waals surface area (Å²) in [6, 6.07) is 7.51. The van der Waals surface area contributed by atoms with Gasteiger partial charge in [-0.3, -0.25) is 0 Å². The van der Waals surface area contributed by atoms with Crippen LogP contribution in [0.15, 0.2) is 48.8 Å². The highest BCUT2D eigenvalue weighted by atomic mass is 19.4. The first-order chi connectivity index (χ1) is 12.8. The molecule has 4 N–H and O–H groups in total. The highest BCUT2D eigenvalue weighted by Crippen LogP contribution is 2.37. The molecule has 1 aromatic heterocycles. The number of nitrogens with two attached hydrogens (primary N) is 1. The zero-order chi connectivity index (χ0) is 19.6. The lowest BCUT2D eigenvalue weighted by molar-refractivity contribution is -0.136. The molecule has 0 aliphatic carbocycles. The summed E-state index contributed by atoms with van der Waals surface area (Å²) in [5.41, 5.74) is 4.30. The minimum Gasteiger partial charge on any atom is -0.393 e. The molecule has 5 nitrogen and oxygen atoms in total. The van der Waals surface area contributed by atoms with Gasteiger partial charge < -0.3 is 16.4 Å². The van der Waals surface area contributed by atoms with E-state index in [2.05, 4.69) is 20.6 Å². The van der Waals surface area contributed by atoms with E-state index >= 15 is 0 Å². The Hall–Kier alpha value is -3.43. The number of halogens is 5. The fourth-order valence-electron chi connectivity index (χ4n) is 2.28. The maximum absolute atomic E-state index is 13.8. The van der Waals surface area contributed by atoms with Crippen LogP contribution in [-0.2, 0) is 6.18 Å². The summed E-state index contributed by atoms with van der Waals surface area (Å²) in [5, 5.41) is 4.99. The van der Waals surface area contributed by atoms with E-state index in [4.69, 9.17) is 5.73 Å². The number of anilines is 5. The molecule has 10 heteroatoms. The summed E-state index contributed by atoms with van der Waals surface area (Å²) in [4.78, 5) is 7.64. The third-order valence-corrected chi connectivity index (χ3v) is 3.55. The van der Waals surface area contributed by atoms with E-state index in [1.165, 1.54) is 18.2 Å². The van der Waals surface area contributed by atoms with Crippen molar-refractivity contribution in [3.8, 4) is 0 Å². The second-order valence-electron chi connectivity index (χ2n) is 5.40. The summed E-state index contributed by atoms with van der Waals surface area (Å²) in [5.74, 6) is -1.67. The number of nitrogens with zero attached hydrogens (tertiary/aromatic N) is 2. The maximum Gasteiger partial charge on any atom is 0.418 e. The van der Waals surface area contributed by atoms with Crippen molar-refractivity contribution in [2.45, 2.75) is 6.18 Å². The van der Waals surface area contributed by atoms with E-state index in [0.29, 0.717) is 0 Å². The van der Waals surface area contributed by atoms with Gasteiger partial charge in [0.05, 0.1) is 16.9 Å². The molecule has 0 saturated carbocycles. The lowest BCUT2D eigenvalue weighted by Crippen LogP contribution is -2.11. The van der Waals surface area contributed by atoms with Crippen molar-refractivity contribution in [2.75, 3.05) is 16.4 Å². The zero-order valence-electron chi connectivity index (χ0n) is 13.5. The summed E-state index contributed by atoms with van der Waals surface area (Å²) in [6.45, 7) is 0. The summed E-state index contributed by atoms with van der Waals surface area (Å²) < 4.78 is 66.4. The first kappa shape index (κ1) is 18.4. The number of alkyl halides is 3. The fraction of sp³-hybridized carbons (Fsp3) is 0.0588. The summed E-state index contributed by atoms with van der Waals surface area (Å²) in [6.07, 6.45) is -3.56. The molecule has 0 spiro atoms. The smallest absolute Gasteiger partial charge is 0.393 e. The third kappa shape index (κ3) is 4.05. The standard InChI is InChI=1S/C17H12F5N5/c18-9-5-6-11(19)13(7-9)27-16-14(23)15(24-8-25-16)26-12-4-2-1-3-10(12)17(20,21)22/h1-8H,23H2,(H2,24,25,26,27). The molecule has 0 fully saturated rings. The average Bonchev–Trinajstić information content (AvgIpc) is 2.61. The third-order valence-electron chi connectivity index (χ3n) is 3.55. The molecule has 0 unspecified atom stereocenters. The van der Waals surface area contributed by atoms with Crippen LogP contribution in [0.2, 0.25) is 0 Å². The Morgan fingerprint density at radius 2 is 1.48 bits per heavy atom. The molecule has 0 amide bonds. The second kappa shape index (κ2) is 7.06. The number of rotatable bonds is 4. The van der Waals surface area contributed by atoms with Gasteiger partial charge in [0.15, 0.2) is 11.6 Å². The predicted octanol–water partition coefficient (Wildman–Crippen LogP) is 4.84. The van der Waals surface area contributed by atoms with Crippen LogP contribution >= 0.6 is 0 Å². The molecule has 1 heterocycles. The normalized spacial score (nSPS) is 11.3. The molecule has 3 rings (SSSR count). The summed E-state index contributed by atoms with van der Waals surface area (Å²) in [7, 11) is 0. The van der Waals surface area contributed by atoms with E-state index in [1.54, 1.807) is 0 Å². The number of hydrogen-bond donors (Lipinski definition) is 3. The molecule has 2 aromatic carbocycles. The molecule has 0 aliphatic heterocycles. The van der Waals surface area contributed by atoms with Gasteiger partial charge in [-0.2, -0.15) is 13.2 Å². The van der Waals surface area contributed by atoms with E-state index in [9.17, 15) is 22.0 Å². The Bertz CT molecular complexity index is 974. The Labute approximate surface area is 150 Å². The number of benzene rings is 2. The monoisotopic (exact) mass is 381 g/mol. The zero-order valence-corrected chi connectivity index (χ0v) is 13.5. The number of nitrogens with one attached hydrogen (secondary N) is 2. The Morgan fingerprint density at radius 1 is 0.852 bits per heavy atom. The quantitative estimate of drug-likeness (QED) is 0.564. The topological polar surface area (TPSA) is 75.9 Å². The van der Waals surface area contributed by atoms with Crippen LogP contribution in [-0.4, -0.2) is 9.97 Å². The molecule has 0 atom stereocenters. The minimum absolute atomic E-state index is 0.0958. The van der Waals surface area contributed by atoms with Crippen LogP contribution in [0, 0.1) is 11.6 Å². The molecule has 0 saturated heterocycles. The molecule has 0 aliphatic rings. The van der Waals surface area contributed by atoms with Crippen LogP contribution in [0.5, 0.6) is 0 Å². The average molecular weight is 381 g/mol. The fourth-order valence-corrected chi connectivity index (χ4v) is 2.28. The van der Waals surface area contributed by atoms with Gasteiger partial charge >= 0.3 is 6.18 Å². The van der Waals surface area contributed by atoms with Gasteiger partial charge in [-0.25, -0.2) is 18.7 Å². The maximum atomic E-state index is 13.8. The minimum atomic E-state index is -4.59. The van der Waals surface area contributed by atoms with Gasteiger partial charge in [0, 0.05) is 6.07 Å². The number of hydrogen-bond acceptors (Lipinski definition) is 5. The van der Waals surface area contributed by atoms with E-state index in [-0.39, 0.29) is 28.7 Å². The summed E-state index contributed by atoms with van der Waals surface area (Å²) >= 11 is 0. The van der Waals surface area contributed by atoms with Crippen molar-refractivity contribution in [1.29, 1.82) is 0 Å². The number of aromatic nitrogens is 2. The molecular formula is C17H12F5N5. The number of nitrogen functional groups attached to an aromatic ring is 1. The highest BCUT2D eigenvalue weighted by Gasteiger charge is 2.33. The van der Waals surface area contributed by atoms with Crippen molar-refractivity contribution in [2.24, 2.45) is 0 Å². The van der Waals surface area contributed by atoms with Crippen molar-refractivity contribution >= 4 is 28.7 Å². The Kier molecular flexibility index (Phi) is 4.80. The second-order valence-corrected chi connectivity index (χ2v) is 5.40. The Balaban J connectivity index is 1.94. The van der Waals surface area contributed by atoms with Gasteiger partial charge in [-0.15, -0.1) is 0 Å². The lowest BCUT2D eigenvalue weighted by atomic mass is 10.1. The van der Waals surface area contributed by atoms with Crippen LogP contribution in [0.25, 0.3) is 0 Å². The van der Waals surface area contributed by atoms with Crippen molar-refractivity contribution in [3.05, 3.63) is 66.0 Å². The van der Waals surface area contributed by atoms with E-state index in [0.717, 1.165) is 30.6 Å². The molecule has 27 heavy (non-hydrogen) atoms. The molecule has 0 bridgehead atoms. The first-order valence-electron chi connectivity index (χ1n) is 7.51. The van der Waals surface area contributed by atoms with Gasteiger partial charge in [-0.05, 0) is 24.3 Å². The molecular weight excluding hydrogens is 369 g/mol. The molecule has 0 radical (unpaired) electrons. The van der Waals surface area contributed by atoms with Gasteiger partial charge in [0.2, 0.25) is 0 Å². The van der Waals surface area contributed by atoms with Crippen molar-refractivity contribution in [3.63, 3.8) is 0 Å². The van der Waals surface area contributed by atoms with E-state index < -0.39 is 23.4 Å². The molecule has 140 valence electrons. The molecule has 3 aromatic rings. The van der Waals surface area contributed by atoms with Crippen LogP contribution in [0.4, 0.5) is 50.6 Å². The van der Waals surface area contributed by atoms with Gasteiger partial charge in [-0.1, -0.05) is 12.1 Å². The van der Waals surface area contributed by atoms with Crippen molar-refractivity contribution in [1.82, 2.24) is 9.97 Å². The van der Waals surface area contributed by atoms with Gasteiger partial charge in [0.1, 0.15) is 23.6 Å². The lowest BCUT2D eigenvalue weighted by Gasteiger charge is -2.16. The highest BCUT2D eigenvalue weighted by molar-refractivity contribution is 5.80. The Morgan fingerprint density at radius 3 is 2.15 bits per heavy atom.